The molecule has 152 valence electrons. The second-order valence-electron chi connectivity index (χ2n) is 7.61. The van der Waals surface area contributed by atoms with Gasteiger partial charge in [-0.25, -0.2) is 4.98 Å². The van der Waals surface area contributed by atoms with E-state index in [0.29, 0.717) is 34.3 Å². The summed E-state index contributed by atoms with van der Waals surface area (Å²) < 4.78 is 7.58. The van der Waals surface area contributed by atoms with Crippen LogP contribution in [0.3, 0.4) is 0 Å². The number of carbonyl (C=O) groups excluding carboxylic acids is 1. The van der Waals surface area contributed by atoms with Gasteiger partial charge in [0.1, 0.15) is 4.83 Å². The number of nitrogens with two attached hydrogens (primary N) is 1. The number of benzene rings is 1. The Morgan fingerprint density at radius 1 is 1.38 bits per heavy atom. The topological polar surface area (TPSA) is 87.2 Å². The number of hydrogen-bond donors (Lipinski definition) is 1. The average Bonchev–Trinajstić information content (AvgIpc) is 3.05. The molecule has 0 radical (unpaired) electrons. The van der Waals surface area contributed by atoms with Crippen molar-refractivity contribution >= 4 is 39.2 Å². The molecular formula is C21H23N3O3S2. The van der Waals surface area contributed by atoms with Crippen molar-refractivity contribution < 1.29 is 9.53 Å². The molecule has 0 spiro atoms. The number of thioether (sulfide) groups is 1. The molecule has 0 aliphatic carbocycles. The molecule has 1 aromatic carbocycles. The van der Waals surface area contributed by atoms with E-state index in [1.165, 1.54) is 23.1 Å². The Hall–Kier alpha value is -2.16. The SMILES string of the molecule is Cc1ccc(-n2c(SCC(N)=O)nc3sc4c(c3c2=O)CC(C(C)C)OC4)cc1. The summed E-state index contributed by atoms with van der Waals surface area (Å²) in [4.78, 5) is 31.5. The smallest absolute Gasteiger partial charge is 0.267 e. The van der Waals surface area contributed by atoms with Crippen LogP contribution in [0.15, 0.2) is 34.2 Å². The molecule has 4 rings (SSSR count). The highest BCUT2D eigenvalue weighted by molar-refractivity contribution is 7.99. The summed E-state index contributed by atoms with van der Waals surface area (Å²) in [5.74, 6) is -0.0119. The summed E-state index contributed by atoms with van der Waals surface area (Å²) in [7, 11) is 0. The Kier molecular flexibility index (Phi) is 5.50. The molecule has 0 saturated carbocycles. The molecule has 3 heterocycles. The van der Waals surface area contributed by atoms with Gasteiger partial charge in [-0.1, -0.05) is 43.3 Å². The number of fused-ring (bicyclic) bond motifs is 3. The first-order chi connectivity index (χ1) is 13.8. The van der Waals surface area contributed by atoms with Gasteiger partial charge in [0.05, 0.1) is 29.5 Å². The Labute approximate surface area is 177 Å². The standard InChI is InChI=1S/C21H23N3O3S2/c1-11(2)15-8-14-16(9-27-15)29-19-18(14)20(26)24(13-6-4-12(3)5-7-13)21(23-19)28-10-17(22)25/h4-7,11,15H,8-10H2,1-3H3,(H2,22,25). The molecule has 1 atom stereocenters. The molecular weight excluding hydrogens is 406 g/mol. The van der Waals surface area contributed by atoms with Gasteiger partial charge in [0.25, 0.3) is 5.56 Å². The zero-order valence-electron chi connectivity index (χ0n) is 16.6. The first-order valence-electron chi connectivity index (χ1n) is 9.52. The summed E-state index contributed by atoms with van der Waals surface area (Å²) in [5, 5.41) is 1.15. The number of primary amides is 1. The fraction of sp³-hybridized carbons (Fsp3) is 0.381. The zero-order chi connectivity index (χ0) is 20.7. The first kappa shape index (κ1) is 20.1. The van der Waals surface area contributed by atoms with Crippen molar-refractivity contribution in [2.24, 2.45) is 11.7 Å². The summed E-state index contributed by atoms with van der Waals surface area (Å²) in [6.07, 6.45) is 0.808. The number of ether oxygens (including phenoxy) is 1. The predicted octanol–water partition coefficient (Wildman–Crippen LogP) is 3.43. The van der Waals surface area contributed by atoms with Crippen LogP contribution in [0.4, 0.5) is 0 Å². The number of nitrogens with zero attached hydrogens (tertiary/aromatic N) is 2. The fourth-order valence-corrected chi connectivity index (χ4v) is 5.41. The molecule has 2 N–H and O–H groups in total. The van der Waals surface area contributed by atoms with Gasteiger partial charge in [-0.2, -0.15) is 0 Å². The molecule has 1 aliphatic rings. The lowest BCUT2D eigenvalue weighted by Gasteiger charge is -2.26. The Morgan fingerprint density at radius 2 is 2.10 bits per heavy atom. The number of thiophene rings is 1. The number of aromatic nitrogens is 2. The van der Waals surface area contributed by atoms with Crippen molar-refractivity contribution in [1.82, 2.24) is 9.55 Å². The molecule has 0 fully saturated rings. The molecule has 1 aliphatic heterocycles. The highest BCUT2D eigenvalue weighted by Gasteiger charge is 2.28. The van der Waals surface area contributed by atoms with Crippen molar-refractivity contribution in [2.75, 3.05) is 5.75 Å². The second-order valence-corrected chi connectivity index (χ2v) is 9.63. The van der Waals surface area contributed by atoms with Crippen molar-refractivity contribution in [1.29, 1.82) is 0 Å². The van der Waals surface area contributed by atoms with Crippen molar-refractivity contribution in [2.45, 2.75) is 45.1 Å². The lowest BCUT2D eigenvalue weighted by molar-refractivity contribution is -0.115. The van der Waals surface area contributed by atoms with E-state index >= 15 is 0 Å². The number of aryl methyl sites for hydroxylation is 1. The van der Waals surface area contributed by atoms with Crippen molar-refractivity contribution in [3.05, 3.63) is 50.6 Å². The van der Waals surface area contributed by atoms with Crippen LogP contribution in [0.25, 0.3) is 15.9 Å². The van der Waals surface area contributed by atoms with E-state index in [0.717, 1.165) is 21.7 Å². The minimum absolute atomic E-state index is 0.0629. The first-order valence-corrected chi connectivity index (χ1v) is 11.3. The maximum Gasteiger partial charge on any atom is 0.267 e. The summed E-state index contributed by atoms with van der Waals surface area (Å²) >= 11 is 2.69. The van der Waals surface area contributed by atoms with Crippen LogP contribution in [0, 0.1) is 12.8 Å². The third-order valence-electron chi connectivity index (χ3n) is 5.09. The quantitative estimate of drug-likeness (QED) is 0.496. The minimum atomic E-state index is -0.446. The van der Waals surface area contributed by atoms with Crippen LogP contribution in [-0.2, 0) is 22.6 Å². The van der Waals surface area contributed by atoms with Crippen LogP contribution in [0.5, 0.6) is 0 Å². The highest BCUT2D eigenvalue weighted by atomic mass is 32.2. The van der Waals surface area contributed by atoms with Gasteiger partial charge >= 0.3 is 0 Å². The molecule has 3 aromatic rings. The fourth-order valence-electron chi connectivity index (χ4n) is 3.49. The monoisotopic (exact) mass is 429 g/mol. The van der Waals surface area contributed by atoms with Gasteiger partial charge in [-0.3, -0.25) is 14.2 Å². The van der Waals surface area contributed by atoms with Crippen LogP contribution in [0.2, 0.25) is 0 Å². The normalized spacial score (nSPS) is 16.3. The summed E-state index contributed by atoms with van der Waals surface area (Å²) in [6.45, 7) is 6.77. The van der Waals surface area contributed by atoms with Crippen LogP contribution in [-0.4, -0.2) is 27.3 Å². The molecule has 8 heteroatoms. The molecule has 6 nitrogen and oxygen atoms in total. The predicted molar refractivity (Wildman–Crippen MR) is 117 cm³/mol. The van der Waals surface area contributed by atoms with E-state index in [-0.39, 0.29) is 17.4 Å². The third kappa shape index (κ3) is 3.84. The maximum atomic E-state index is 13.6. The van der Waals surface area contributed by atoms with E-state index < -0.39 is 5.91 Å². The van der Waals surface area contributed by atoms with E-state index in [1.54, 1.807) is 4.57 Å². The molecule has 1 unspecified atom stereocenters. The Morgan fingerprint density at radius 3 is 2.76 bits per heavy atom. The van der Waals surface area contributed by atoms with Gasteiger partial charge in [-0.15, -0.1) is 11.3 Å². The zero-order valence-corrected chi connectivity index (χ0v) is 18.2. The lowest BCUT2D eigenvalue weighted by Crippen LogP contribution is -2.28. The van der Waals surface area contributed by atoms with Crippen LogP contribution < -0.4 is 11.3 Å². The van der Waals surface area contributed by atoms with E-state index in [4.69, 9.17) is 15.5 Å². The van der Waals surface area contributed by atoms with E-state index in [2.05, 4.69) is 13.8 Å². The van der Waals surface area contributed by atoms with Gasteiger partial charge in [0, 0.05) is 11.3 Å². The molecule has 2 aromatic heterocycles. The number of amides is 1. The van der Waals surface area contributed by atoms with Crippen molar-refractivity contribution in [3.63, 3.8) is 0 Å². The molecule has 29 heavy (non-hydrogen) atoms. The van der Waals surface area contributed by atoms with Gasteiger partial charge in [-0.05, 0) is 30.5 Å². The van der Waals surface area contributed by atoms with Crippen molar-refractivity contribution in [3.8, 4) is 5.69 Å². The molecule has 1 amide bonds. The average molecular weight is 430 g/mol. The largest absolute Gasteiger partial charge is 0.372 e. The number of rotatable bonds is 5. The summed E-state index contributed by atoms with van der Waals surface area (Å²) in [6, 6.07) is 7.72. The maximum absolute atomic E-state index is 13.6. The minimum Gasteiger partial charge on any atom is -0.372 e. The highest BCUT2D eigenvalue weighted by Crippen LogP contribution is 2.36. The van der Waals surface area contributed by atoms with Gasteiger partial charge in [0.15, 0.2) is 5.16 Å². The molecule has 0 bridgehead atoms. The van der Waals surface area contributed by atoms with Gasteiger partial charge < -0.3 is 10.5 Å². The van der Waals surface area contributed by atoms with Crippen LogP contribution in [0.1, 0.15) is 29.9 Å². The van der Waals surface area contributed by atoms with E-state index in [9.17, 15) is 9.59 Å². The number of hydrogen-bond acceptors (Lipinski definition) is 6. The number of carbonyl (C=O) groups is 1. The van der Waals surface area contributed by atoms with E-state index in [1.807, 2.05) is 31.2 Å². The van der Waals surface area contributed by atoms with Crippen LogP contribution >= 0.6 is 23.1 Å². The second kappa shape index (κ2) is 7.93. The Balaban J connectivity index is 1.93. The lowest BCUT2D eigenvalue weighted by atomic mass is 9.96. The van der Waals surface area contributed by atoms with Gasteiger partial charge in [0.2, 0.25) is 5.91 Å². The third-order valence-corrected chi connectivity index (χ3v) is 7.15. The summed E-state index contributed by atoms with van der Waals surface area (Å²) in [5.41, 5.74) is 8.12. The molecule has 0 saturated heterocycles. The Bertz CT molecular complexity index is 1130.